The van der Waals surface area contributed by atoms with Gasteiger partial charge in [0.25, 0.3) is 0 Å². The molecule has 84 valence electrons. The predicted molar refractivity (Wildman–Crippen MR) is 63.4 cm³/mol. The van der Waals surface area contributed by atoms with Crippen molar-refractivity contribution in [2.75, 3.05) is 11.4 Å². The first-order valence-electron chi connectivity index (χ1n) is 5.94. The lowest BCUT2D eigenvalue weighted by atomic mass is 10.1. The lowest BCUT2D eigenvalue weighted by Crippen LogP contribution is -2.35. The van der Waals surface area contributed by atoms with Crippen LogP contribution in [0.15, 0.2) is 6.20 Å². The van der Waals surface area contributed by atoms with E-state index in [1.807, 2.05) is 6.20 Å². The summed E-state index contributed by atoms with van der Waals surface area (Å²) >= 11 is 0. The molecule has 0 atom stereocenters. The highest BCUT2D eigenvalue weighted by Gasteiger charge is 2.23. The zero-order chi connectivity index (χ0) is 11.0. The molecule has 0 aromatic carbocycles. The number of rotatable bonds is 2. The van der Waals surface area contributed by atoms with Crippen LogP contribution in [0, 0.1) is 0 Å². The largest absolute Gasteiger partial charge is 0.366 e. The molecular formula is C12H21N3. The molecule has 0 amide bonds. The van der Waals surface area contributed by atoms with Crippen molar-refractivity contribution in [1.82, 2.24) is 9.78 Å². The Kier molecular flexibility index (Phi) is 2.72. The molecule has 0 saturated carbocycles. The van der Waals surface area contributed by atoms with E-state index in [4.69, 9.17) is 0 Å². The Hall–Kier alpha value is -0.990. The summed E-state index contributed by atoms with van der Waals surface area (Å²) in [7, 11) is 0. The van der Waals surface area contributed by atoms with Crippen LogP contribution >= 0.6 is 0 Å². The molecule has 0 fully saturated rings. The molecule has 0 N–H and O–H groups in total. The van der Waals surface area contributed by atoms with Crippen molar-refractivity contribution in [2.24, 2.45) is 0 Å². The quantitative estimate of drug-likeness (QED) is 0.743. The number of fused-ring (bicyclic) bond motifs is 1. The molecule has 2 heterocycles. The van der Waals surface area contributed by atoms with E-state index in [0.717, 1.165) is 0 Å². The van der Waals surface area contributed by atoms with Crippen LogP contribution in [-0.2, 0) is 6.42 Å². The van der Waals surface area contributed by atoms with Crippen LogP contribution in [-0.4, -0.2) is 22.4 Å². The van der Waals surface area contributed by atoms with Gasteiger partial charge in [0.2, 0.25) is 0 Å². The zero-order valence-electron chi connectivity index (χ0n) is 10.2. The Labute approximate surface area is 92.1 Å². The van der Waals surface area contributed by atoms with Crippen LogP contribution in [0.3, 0.4) is 0 Å². The smallest absolute Gasteiger partial charge is 0.0787 e. The molecular weight excluding hydrogens is 186 g/mol. The van der Waals surface area contributed by atoms with Crippen LogP contribution in [0.5, 0.6) is 0 Å². The molecule has 0 spiro atoms. The maximum absolute atomic E-state index is 4.50. The highest BCUT2D eigenvalue weighted by Crippen LogP contribution is 2.29. The van der Waals surface area contributed by atoms with E-state index >= 15 is 0 Å². The minimum absolute atomic E-state index is 0.473. The summed E-state index contributed by atoms with van der Waals surface area (Å²) < 4.78 is 2.17. The van der Waals surface area contributed by atoms with Crippen molar-refractivity contribution >= 4 is 5.69 Å². The summed E-state index contributed by atoms with van der Waals surface area (Å²) in [4.78, 5) is 2.46. The summed E-state index contributed by atoms with van der Waals surface area (Å²) in [6.45, 7) is 10.1. The van der Waals surface area contributed by atoms with E-state index in [9.17, 15) is 0 Å². The highest BCUT2D eigenvalue weighted by molar-refractivity contribution is 5.52. The predicted octanol–water partition coefficient (Wildman–Crippen LogP) is 2.63. The van der Waals surface area contributed by atoms with Gasteiger partial charge in [-0.15, -0.1) is 0 Å². The summed E-state index contributed by atoms with van der Waals surface area (Å²) in [6, 6.07) is 1.05. The highest BCUT2D eigenvalue weighted by atomic mass is 15.3. The summed E-state index contributed by atoms with van der Waals surface area (Å²) in [5.74, 6) is 0. The Morgan fingerprint density at radius 2 is 1.93 bits per heavy atom. The van der Waals surface area contributed by atoms with Gasteiger partial charge in [-0.25, -0.2) is 0 Å². The van der Waals surface area contributed by atoms with Gasteiger partial charge < -0.3 is 4.90 Å². The first kappa shape index (κ1) is 10.5. The molecule has 1 aliphatic heterocycles. The Balaban J connectivity index is 2.38. The second-order valence-electron chi connectivity index (χ2n) is 4.91. The van der Waals surface area contributed by atoms with Gasteiger partial charge >= 0.3 is 0 Å². The van der Waals surface area contributed by atoms with E-state index in [-0.39, 0.29) is 0 Å². The SMILES string of the molecule is CC(C)N1CCCc2c1cnn2C(C)C. The van der Waals surface area contributed by atoms with Gasteiger partial charge in [-0.05, 0) is 40.5 Å². The van der Waals surface area contributed by atoms with Crippen LogP contribution < -0.4 is 4.90 Å². The minimum atomic E-state index is 0.473. The number of anilines is 1. The van der Waals surface area contributed by atoms with E-state index in [1.54, 1.807) is 0 Å². The first-order chi connectivity index (χ1) is 7.11. The average Bonchev–Trinajstić information content (AvgIpc) is 2.59. The van der Waals surface area contributed by atoms with E-state index in [2.05, 4.69) is 42.4 Å². The van der Waals surface area contributed by atoms with Crippen LogP contribution in [0.25, 0.3) is 0 Å². The van der Waals surface area contributed by atoms with Crippen LogP contribution in [0.2, 0.25) is 0 Å². The molecule has 3 nitrogen and oxygen atoms in total. The third-order valence-corrected chi connectivity index (χ3v) is 3.11. The average molecular weight is 207 g/mol. The fourth-order valence-electron chi connectivity index (χ4n) is 2.38. The fourth-order valence-corrected chi connectivity index (χ4v) is 2.38. The van der Waals surface area contributed by atoms with Crippen molar-refractivity contribution in [1.29, 1.82) is 0 Å². The maximum Gasteiger partial charge on any atom is 0.0787 e. The topological polar surface area (TPSA) is 21.1 Å². The Morgan fingerprint density at radius 1 is 1.20 bits per heavy atom. The van der Waals surface area contributed by atoms with Gasteiger partial charge in [0.1, 0.15) is 0 Å². The third kappa shape index (κ3) is 1.75. The summed E-state index contributed by atoms with van der Waals surface area (Å²) in [6.07, 6.45) is 4.47. The van der Waals surface area contributed by atoms with Crippen LogP contribution in [0.1, 0.15) is 45.9 Å². The maximum atomic E-state index is 4.50. The van der Waals surface area contributed by atoms with E-state index < -0.39 is 0 Å². The molecule has 0 saturated heterocycles. The molecule has 2 rings (SSSR count). The van der Waals surface area contributed by atoms with Gasteiger partial charge in [-0.2, -0.15) is 5.10 Å². The summed E-state index contributed by atoms with van der Waals surface area (Å²) in [5, 5.41) is 4.50. The lowest BCUT2D eigenvalue weighted by molar-refractivity contribution is 0.496. The van der Waals surface area contributed by atoms with Gasteiger partial charge in [0, 0.05) is 18.6 Å². The Bertz CT molecular complexity index is 339. The molecule has 1 aromatic rings. The second kappa shape index (κ2) is 3.87. The fraction of sp³-hybridized carbons (Fsp3) is 0.750. The van der Waals surface area contributed by atoms with Crippen molar-refractivity contribution in [2.45, 2.75) is 52.6 Å². The monoisotopic (exact) mass is 207 g/mol. The van der Waals surface area contributed by atoms with Gasteiger partial charge in [-0.1, -0.05) is 0 Å². The number of hydrogen-bond acceptors (Lipinski definition) is 2. The van der Waals surface area contributed by atoms with Gasteiger partial charge in [0.05, 0.1) is 17.6 Å². The molecule has 0 radical (unpaired) electrons. The van der Waals surface area contributed by atoms with E-state index in [0.29, 0.717) is 12.1 Å². The Morgan fingerprint density at radius 3 is 2.53 bits per heavy atom. The van der Waals surface area contributed by atoms with Crippen molar-refractivity contribution in [3.05, 3.63) is 11.9 Å². The van der Waals surface area contributed by atoms with Gasteiger partial charge in [0.15, 0.2) is 0 Å². The number of aromatic nitrogens is 2. The molecule has 3 heteroatoms. The standard InChI is InChI=1S/C12H21N3/c1-9(2)14-7-5-6-11-12(14)8-13-15(11)10(3)4/h8-10H,5-7H2,1-4H3. The molecule has 1 aromatic heterocycles. The zero-order valence-corrected chi connectivity index (χ0v) is 10.2. The minimum Gasteiger partial charge on any atom is -0.366 e. The third-order valence-electron chi connectivity index (χ3n) is 3.11. The van der Waals surface area contributed by atoms with Crippen molar-refractivity contribution in [3.63, 3.8) is 0 Å². The van der Waals surface area contributed by atoms with Gasteiger partial charge in [-0.3, -0.25) is 4.68 Å². The number of nitrogens with zero attached hydrogens (tertiary/aromatic N) is 3. The normalized spacial score (nSPS) is 16.3. The van der Waals surface area contributed by atoms with Crippen molar-refractivity contribution < 1.29 is 0 Å². The number of hydrogen-bond donors (Lipinski definition) is 0. The molecule has 15 heavy (non-hydrogen) atoms. The lowest BCUT2D eigenvalue weighted by Gasteiger charge is -2.32. The van der Waals surface area contributed by atoms with Crippen LogP contribution in [0.4, 0.5) is 5.69 Å². The summed E-state index contributed by atoms with van der Waals surface area (Å²) in [5.41, 5.74) is 2.77. The molecule has 0 bridgehead atoms. The van der Waals surface area contributed by atoms with Crippen molar-refractivity contribution in [3.8, 4) is 0 Å². The molecule has 0 unspecified atom stereocenters. The molecule has 0 aliphatic carbocycles. The second-order valence-corrected chi connectivity index (χ2v) is 4.91. The first-order valence-corrected chi connectivity index (χ1v) is 5.94. The molecule has 1 aliphatic rings. The van der Waals surface area contributed by atoms with E-state index in [1.165, 1.54) is 30.8 Å².